The van der Waals surface area contributed by atoms with Crippen LogP contribution in [-0.4, -0.2) is 32.8 Å². The second-order valence-electron chi connectivity index (χ2n) is 3.86. The van der Waals surface area contributed by atoms with Crippen LogP contribution < -0.4 is 0 Å². The monoisotopic (exact) mass is 180 g/mol. The van der Waals surface area contributed by atoms with Gasteiger partial charge in [0.05, 0.1) is 6.54 Å². The summed E-state index contributed by atoms with van der Waals surface area (Å²) in [6.07, 6.45) is 5.82. The maximum atomic E-state index is 4.07. The van der Waals surface area contributed by atoms with Crippen LogP contribution in [0.3, 0.4) is 0 Å². The number of aryl methyl sites for hydroxylation is 1. The van der Waals surface area contributed by atoms with E-state index in [4.69, 9.17) is 0 Å². The summed E-state index contributed by atoms with van der Waals surface area (Å²) in [6.45, 7) is 0.918. The van der Waals surface area contributed by atoms with Crippen LogP contribution in [-0.2, 0) is 13.6 Å². The summed E-state index contributed by atoms with van der Waals surface area (Å²) in [5, 5.41) is 7.93. The summed E-state index contributed by atoms with van der Waals surface area (Å²) in [7, 11) is 4.16. The fourth-order valence-electron chi connectivity index (χ4n) is 1.63. The van der Waals surface area contributed by atoms with Crippen LogP contribution in [0.2, 0.25) is 0 Å². The molecule has 0 radical (unpaired) electrons. The predicted molar refractivity (Wildman–Crippen MR) is 50.1 cm³/mol. The molecule has 0 aliphatic heterocycles. The van der Waals surface area contributed by atoms with Gasteiger partial charge >= 0.3 is 0 Å². The van der Waals surface area contributed by atoms with E-state index in [0.717, 1.165) is 18.4 Å². The first-order chi connectivity index (χ1) is 6.27. The van der Waals surface area contributed by atoms with E-state index in [-0.39, 0.29) is 0 Å². The molecule has 0 bridgehead atoms. The Labute approximate surface area is 78.6 Å². The van der Waals surface area contributed by atoms with E-state index in [1.807, 2.05) is 11.6 Å². The molecule has 0 saturated heterocycles. The molecule has 4 heteroatoms. The van der Waals surface area contributed by atoms with Crippen molar-refractivity contribution in [2.24, 2.45) is 7.05 Å². The van der Waals surface area contributed by atoms with Gasteiger partial charge in [-0.2, -0.15) is 0 Å². The molecule has 0 spiro atoms. The molecule has 2 rings (SSSR count). The minimum Gasteiger partial charge on any atom is -0.320 e. The molecule has 1 aromatic heterocycles. The lowest BCUT2D eigenvalue weighted by Crippen LogP contribution is -2.37. The second kappa shape index (κ2) is 3.46. The van der Waals surface area contributed by atoms with Crippen molar-refractivity contribution in [1.82, 2.24) is 19.7 Å². The molecule has 0 atom stereocenters. The van der Waals surface area contributed by atoms with Crippen molar-refractivity contribution in [3.8, 4) is 0 Å². The third kappa shape index (κ3) is 1.72. The molecular weight excluding hydrogens is 164 g/mol. The Balaban J connectivity index is 1.93. The van der Waals surface area contributed by atoms with E-state index in [1.54, 1.807) is 6.33 Å². The van der Waals surface area contributed by atoms with Gasteiger partial charge in [-0.25, -0.2) is 0 Å². The van der Waals surface area contributed by atoms with Gasteiger partial charge in [0.15, 0.2) is 0 Å². The van der Waals surface area contributed by atoms with Crippen molar-refractivity contribution in [1.29, 1.82) is 0 Å². The largest absolute Gasteiger partial charge is 0.320 e. The van der Waals surface area contributed by atoms with E-state index in [9.17, 15) is 0 Å². The summed E-state index contributed by atoms with van der Waals surface area (Å²) in [4.78, 5) is 2.37. The highest BCUT2D eigenvalue weighted by molar-refractivity contribution is 4.87. The Bertz CT molecular complexity index is 277. The van der Waals surface area contributed by atoms with Crippen molar-refractivity contribution in [2.75, 3.05) is 7.05 Å². The molecule has 1 aliphatic rings. The van der Waals surface area contributed by atoms with E-state index in [0.29, 0.717) is 0 Å². The van der Waals surface area contributed by atoms with Gasteiger partial charge in [-0.15, -0.1) is 10.2 Å². The number of nitrogens with zero attached hydrogens (tertiary/aromatic N) is 4. The zero-order valence-electron chi connectivity index (χ0n) is 8.27. The predicted octanol–water partition coefficient (Wildman–Crippen LogP) is 0.799. The number of hydrogen-bond donors (Lipinski definition) is 0. The first-order valence-corrected chi connectivity index (χ1v) is 4.80. The quantitative estimate of drug-likeness (QED) is 0.690. The molecule has 0 aromatic carbocycles. The zero-order valence-corrected chi connectivity index (χ0v) is 8.27. The second-order valence-corrected chi connectivity index (χ2v) is 3.86. The molecule has 1 heterocycles. The molecule has 1 aliphatic carbocycles. The lowest BCUT2D eigenvalue weighted by Gasteiger charge is -2.34. The standard InChI is InChI=1S/C9H16N4/c1-12(8-4-3-5-8)6-9-11-10-7-13(9)2/h7-8H,3-6H2,1-2H3. The van der Waals surface area contributed by atoms with Crippen LogP contribution in [0, 0.1) is 0 Å². The fourth-order valence-corrected chi connectivity index (χ4v) is 1.63. The maximum Gasteiger partial charge on any atom is 0.146 e. The molecule has 1 saturated carbocycles. The lowest BCUT2D eigenvalue weighted by molar-refractivity contribution is 0.148. The third-order valence-electron chi connectivity index (χ3n) is 2.89. The zero-order chi connectivity index (χ0) is 9.26. The molecule has 72 valence electrons. The van der Waals surface area contributed by atoms with Gasteiger partial charge in [-0.1, -0.05) is 6.42 Å². The van der Waals surface area contributed by atoms with Gasteiger partial charge in [0.1, 0.15) is 12.2 Å². The Morgan fingerprint density at radius 1 is 1.62 bits per heavy atom. The molecule has 1 fully saturated rings. The van der Waals surface area contributed by atoms with E-state index in [1.165, 1.54) is 19.3 Å². The molecule has 0 N–H and O–H groups in total. The first-order valence-electron chi connectivity index (χ1n) is 4.80. The first kappa shape index (κ1) is 8.69. The molecule has 0 unspecified atom stereocenters. The summed E-state index contributed by atoms with van der Waals surface area (Å²) in [5.74, 6) is 1.05. The molecule has 1 aromatic rings. The van der Waals surface area contributed by atoms with Crippen molar-refractivity contribution >= 4 is 0 Å². The summed E-state index contributed by atoms with van der Waals surface area (Å²) >= 11 is 0. The molecule has 0 amide bonds. The number of rotatable bonds is 3. The number of aromatic nitrogens is 3. The number of hydrogen-bond acceptors (Lipinski definition) is 3. The normalized spacial score (nSPS) is 17.8. The SMILES string of the molecule is CN(Cc1nncn1C)C1CCC1. The highest BCUT2D eigenvalue weighted by atomic mass is 15.3. The third-order valence-corrected chi connectivity index (χ3v) is 2.89. The van der Waals surface area contributed by atoms with Gasteiger partial charge in [-0.3, -0.25) is 4.90 Å². The average Bonchev–Trinajstić information content (AvgIpc) is 2.32. The van der Waals surface area contributed by atoms with Gasteiger partial charge in [0, 0.05) is 13.1 Å². The smallest absolute Gasteiger partial charge is 0.146 e. The van der Waals surface area contributed by atoms with Crippen LogP contribution in [0.4, 0.5) is 0 Å². The van der Waals surface area contributed by atoms with Crippen LogP contribution in [0.5, 0.6) is 0 Å². The van der Waals surface area contributed by atoms with Gasteiger partial charge in [-0.05, 0) is 19.9 Å². The maximum absolute atomic E-state index is 4.07. The van der Waals surface area contributed by atoms with Crippen molar-refractivity contribution in [3.63, 3.8) is 0 Å². The van der Waals surface area contributed by atoms with Crippen molar-refractivity contribution in [2.45, 2.75) is 31.8 Å². The Morgan fingerprint density at radius 2 is 2.38 bits per heavy atom. The Morgan fingerprint density at radius 3 is 2.85 bits per heavy atom. The van der Waals surface area contributed by atoms with Crippen molar-refractivity contribution < 1.29 is 0 Å². The fraction of sp³-hybridized carbons (Fsp3) is 0.778. The lowest BCUT2D eigenvalue weighted by atomic mass is 9.92. The summed E-state index contributed by atoms with van der Waals surface area (Å²) in [5.41, 5.74) is 0. The van der Waals surface area contributed by atoms with Crippen LogP contribution in [0.25, 0.3) is 0 Å². The average molecular weight is 180 g/mol. The summed E-state index contributed by atoms with van der Waals surface area (Å²) in [6, 6.07) is 0.775. The van der Waals surface area contributed by atoms with Gasteiger partial charge in [0.25, 0.3) is 0 Å². The van der Waals surface area contributed by atoms with Crippen molar-refractivity contribution in [3.05, 3.63) is 12.2 Å². The highest BCUT2D eigenvalue weighted by Crippen LogP contribution is 2.24. The summed E-state index contributed by atoms with van der Waals surface area (Å²) < 4.78 is 1.98. The topological polar surface area (TPSA) is 34.0 Å². The van der Waals surface area contributed by atoms with Gasteiger partial charge < -0.3 is 4.57 Å². The Hall–Kier alpha value is -0.900. The van der Waals surface area contributed by atoms with Gasteiger partial charge in [0.2, 0.25) is 0 Å². The molecule has 13 heavy (non-hydrogen) atoms. The molecular formula is C9H16N4. The van der Waals surface area contributed by atoms with Crippen LogP contribution >= 0.6 is 0 Å². The highest BCUT2D eigenvalue weighted by Gasteiger charge is 2.22. The van der Waals surface area contributed by atoms with Crippen LogP contribution in [0.1, 0.15) is 25.1 Å². The van der Waals surface area contributed by atoms with Crippen LogP contribution in [0.15, 0.2) is 6.33 Å². The van der Waals surface area contributed by atoms with E-state index < -0.39 is 0 Å². The molecule has 4 nitrogen and oxygen atoms in total. The van der Waals surface area contributed by atoms with E-state index in [2.05, 4.69) is 22.1 Å². The Kier molecular flexibility index (Phi) is 2.31. The minimum absolute atomic E-state index is 0.775. The van der Waals surface area contributed by atoms with E-state index >= 15 is 0 Å². The minimum atomic E-state index is 0.775.